The van der Waals surface area contributed by atoms with Crippen LogP contribution < -0.4 is 5.32 Å². The van der Waals surface area contributed by atoms with Gasteiger partial charge in [0, 0.05) is 19.7 Å². The molecule has 0 saturated carbocycles. The number of aromatic nitrogens is 1. The van der Waals surface area contributed by atoms with Gasteiger partial charge in [-0.2, -0.15) is 0 Å². The minimum absolute atomic E-state index is 0.0843. The highest BCUT2D eigenvalue weighted by atomic mass is 32.2. The van der Waals surface area contributed by atoms with Gasteiger partial charge in [-0.1, -0.05) is 41.6 Å². The van der Waals surface area contributed by atoms with E-state index >= 15 is 0 Å². The van der Waals surface area contributed by atoms with Gasteiger partial charge in [-0.3, -0.25) is 10.1 Å². The molecule has 0 unspecified atom stereocenters. The summed E-state index contributed by atoms with van der Waals surface area (Å²) < 4.78 is 31.2. The maximum absolute atomic E-state index is 12.6. The van der Waals surface area contributed by atoms with Gasteiger partial charge in [-0.15, -0.1) is 0 Å². The zero-order chi connectivity index (χ0) is 19.6. The third-order valence-corrected chi connectivity index (χ3v) is 6.05. The fraction of sp³-hybridized carbons (Fsp3) is 0.158. The Kier molecular flexibility index (Phi) is 5.11. The van der Waals surface area contributed by atoms with Crippen molar-refractivity contribution in [3.05, 3.63) is 65.9 Å². The van der Waals surface area contributed by atoms with Crippen LogP contribution in [0.2, 0.25) is 0 Å². The van der Waals surface area contributed by atoms with Gasteiger partial charge in [0.05, 0.1) is 16.7 Å². The third-order valence-electron chi connectivity index (χ3n) is 4.09. The van der Waals surface area contributed by atoms with E-state index in [1.54, 1.807) is 19.1 Å². The topological polar surface area (TPSA) is 92.5 Å². The summed E-state index contributed by atoms with van der Waals surface area (Å²) in [7, 11) is -0.766. The number of carbonyl (C=O) groups excluding carboxylic acids is 1. The zero-order valence-corrected chi connectivity index (χ0v) is 15.9. The molecule has 1 aromatic heterocycles. The summed E-state index contributed by atoms with van der Waals surface area (Å²) in [4.78, 5) is 12.7. The number of aryl methyl sites for hydroxylation is 1. The van der Waals surface area contributed by atoms with Crippen LogP contribution in [0.5, 0.6) is 0 Å². The molecule has 2 aromatic carbocycles. The van der Waals surface area contributed by atoms with Crippen LogP contribution in [0.1, 0.15) is 15.9 Å². The SMILES string of the molecule is Cc1ccc(C(=O)Nc2oncc2-c2ccccc2)cc1S(=O)(=O)N(C)C. The van der Waals surface area contributed by atoms with E-state index in [9.17, 15) is 13.2 Å². The van der Waals surface area contributed by atoms with Crippen LogP contribution in [-0.4, -0.2) is 37.9 Å². The first-order valence-electron chi connectivity index (χ1n) is 8.15. The molecule has 7 nitrogen and oxygen atoms in total. The van der Waals surface area contributed by atoms with Crippen molar-refractivity contribution in [1.29, 1.82) is 0 Å². The van der Waals surface area contributed by atoms with Crippen LogP contribution in [0, 0.1) is 6.92 Å². The molecule has 0 atom stereocenters. The van der Waals surface area contributed by atoms with Crippen LogP contribution in [0.4, 0.5) is 5.88 Å². The first-order valence-corrected chi connectivity index (χ1v) is 9.59. The molecule has 140 valence electrons. The summed E-state index contributed by atoms with van der Waals surface area (Å²) >= 11 is 0. The first kappa shape index (κ1) is 18.8. The first-order chi connectivity index (χ1) is 12.8. The normalized spacial score (nSPS) is 11.6. The van der Waals surface area contributed by atoms with E-state index in [0.29, 0.717) is 11.1 Å². The summed E-state index contributed by atoms with van der Waals surface area (Å²) in [6.45, 7) is 1.68. The highest BCUT2D eigenvalue weighted by Crippen LogP contribution is 2.28. The van der Waals surface area contributed by atoms with Crippen molar-refractivity contribution in [2.45, 2.75) is 11.8 Å². The fourth-order valence-corrected chi connectivity index (χ4v) is 3.69. The number of hydrogen-bond acceptors (Lipinski definition) is 5. The quantitative estimate of drug-likeness (QED) is 0.728. The van der Waals surface area contributed by atoms with Gasteiger partial charge in [-0.25, -0.2) is 12.7 Å². The van der Waals surface area contributed by atoms with E-state index in [1.165, 1.54) is 26.4 Å². The Morgan fingerprint density at radius 1 is 1.11 bits per heavy atom. The molecule has 8 heteroatoms. The highest BCUT2D eigenvalue weighted by Gasteiger charge is 2.22. The molecule has 0 aliphatic heterocycles. The highest BCUT2D eigenvalue weighted by molar-refractivity contribution is 7.89. The number of rotatable bonds is 5. The Morgan fingerprint density at radius 3 is 2.48 bits per heavy atom. The second kappa shape index (κ2) is 7.34. The lowest BCUT2D eigenvalue weighted by atomic mass is 10.1. The average molecular weight is 385 g/mol. The van der Waals surface area contributed by atoms with Gasteiger partial charge >= 0.3 is 0 Å². The predicted molar refractivity (Wildman–Crippen MR) is 102 cm³/mol. The number of carbonyl (C=O) groups is 1. The van der Waals surface area contributed by atoms with E-state index in [2.05, 4.69) is 10.5 Å². The largest absolute Gasteiger partial charge is 0.338 e. The molecule has 0 fully saturated rings. The Bertz CT molecular complexity index is 1070. The van der Waals surface area contributed by atoms with Crippen molar-refractivity contribution in [2.75, 3.05) is 19.4 Å². The van der Waals surface area contributed by atoms with E-state index in [-0.39, 0.29) is 16.3 Å². The smallest absolute Gasteiger partial charge is 0.258 e. The monoisotopic (exact) mass is 385 g/mol. The van der Waals surface area contributed by atoms with E-state index in [4.69, 9.17) is 4.52 Å². The number of nitrogens with one attached hydrogen (secondary N) is 1. The zero-order valence-electron chi connectivity index (χ0n) is 15.1. The standard InChI is InChI=1S/C19H19N3O4S/c1-13-9-10-15(11-17(13)27(24,25)22(2)3)18(23)21-19-16(12-20-26-19)14-7-5-4-6-8-14/h4-12H,1-3H3,(H,21,23). The summed E-state index contributed by atoms with van der Waals surface area (Å²) in [5, 5.41) is 6.40. The molecule has 1 N–H and O–H groups in total. The van der Waals surface area contributed by atoms with Crippen LogP contribution >= 0.6 is 0 Å². The molecular formula is C19H19N3O4S. The van der Waals surface area contributed by atoms with Crippen molar-refractivity contribution < 1.29 is 17.7 Å². The summed E-state index contributed by atoms with van der Waals surface area (Å²) in [5.74, 6) is -0.289. The van der Waals surface area contributed by atoms with Crippen molar-refractivity contribution in [3.8, 4) is 11.1 Å². The van der Waals surface area contributed by atoms with Gasteiger partial charge in [0.25, 0.3) is 5.91 Å². The number of anilines is 1. The maximum atomic E-state index is 12.6. The van der Waals surface area contributed by atoms with Crippen LogP contribution in [-0.2, 0) is 10.0 Å². The van der Waals surface area contributed by atoms with E-state index in [1.807, 2.05) is 30.3 Å². The van der Waals surface area contributed by atoms with E-state index in [0.717, 1.165) is 9.87 Å². The summed E-state index contributed by atoms with van der Waals surface area (Å²) in [5.41, 5.74) is 2.24. The van der Waals surface area contributed by atoms with E-state index < -0.39 is 15.9 Å². The molecule has 0 spiro atoms. The number of hydrogen-bond donors (Lipinski definition) is 1. The number of amides is 1. The minimum Gasteiger partial charge on any atom is -0.338 e. The lowest BCUT2D eigenvalue weighted by Gasteiger charge is -2.14. The molecule has 0 aliphatic rings. The molecule has 1 heterocycles. The Hall–Kier alpha value is -2.97. The van der Waals surface area contributed by atoms with Crippen LogP contribution in [0.15, 0.2) is 64.1 Å². The molecule has 27 heavy (non-hydrogen) atoms. The Morgan fingerprint density at radius 2 is 1.81 bits per heavy atom. The fourth-order valence-electron chi connectivity index (χ4n) is 2.54. The molecule has 3 aromatic rings. The van der Waals surface area contributed by atoms with Gasteiger partial charge in [-0.05, 0) is 30.2 Å². The molecule has 0 bridgehead atoms. The number of benzene rings is 2. The second-order valence-electron chi connectivity index (χ2n) is 6.16. The molecule has 0 aliphatic carbocycles. The minimum atomic E-state index is -3.66. The van der Waals surface area contributed by atoms with Gasteiger partial charge in [0.15, 0.2) is 0 Å². The Balaban J connectivity index is 1.92. The van der Waals surface area contributed by atoms with Crippen molar-refractivity contribution >= 4 is 21.8 Å². The third kappa shape index (κ3) is 3.76. The maximum Gasteiger partial charge on any atom is 0.258 e. The Labute approximate surface area is 157 Å². The summed E-state index contributed by atoms with van der Waals surface area (Å²) in [6, 6.07) is 13.9. The molecule has 0 saturated heterocycles. The lowest BCUT2D eigenvalue weighted by Crippen LogP contribution is -2.23. The van der Waals surface area contributed by atoms with Crippen molar-refractivity contribution in [3.63, 3.8) is 0 Å². The molecule has 1 amide bonds. The van der Waals surface area contributed by atoms with Crippen molar-refractivity contribution in [2.24, 2.45) is 0 Å². The summed E-state index contributed by atoms with van der Waals surface area (Å²) in [6.07, 6.45) is 1.52. The molecule has 0 radical (unpaired) electrons. The van der Waals surface area contributed by atoms with Crippen molar-refractivity contribution in [1.82, 2.24) is 9.46 Å². The van der Waals surface area contributed by atoms with Gasteiger partial charge in [0.1, 0.15) is 0 Å². The molecule has 3 rings (SSSR count). The predicted octanol–water partition coefficient (Wildman–Crippen LogP) is 3.15. The number of sulfonamides is 1. The average Bonchev–Trinajstić information content (AvgIpc) is 3.10. The molecular weight excluding hydrogens is 366 g/mol. The second-order valence-corrected chi connectivity index (χ2v) is 8.28. The lowest BCUT2D eigenvalue weighted by molar-refractivity contribution is 0.102. The van der Waals surface area contributed by atoms with Crippen LogP contribution in [0.3, 0.4) is 0 Å². The van der Waals surface area contributed by atoms with Gasteiger partial charge in [0.2, 0.25) is 15.9 Å². The number of nitrogens with zero attached hydrogens (tertiary/aromatic N) is 2. The van der Waals surface area contributed by atoms with Crippen LogP contribution in [0.25, 0.3) is 11.1 Å². The van der Waals surface area contributed by atoms with Gasteiger partial charge < -0.3 is 4.52 Å².